The van der Waals surface area contributed by atoms with Crippen LogP contribution in [0.2, 0.25) is 0 Å². The molecule has 9 heteroatoms. The number of nitrogens with zero attached hydrogens (tertiary/aromatic N) is 2. The number of nitro benzene ring substituents is 1. The lowest BCUT2D eigenvalue weighted by Gasteiger charge is -2.26. The molecule has 3 rings (SSSR count). The highest BCUT2D eigenvalue weighted by Crippen LogP contribution is 2.39. The van der Waals surface area contributed by atoms with E-state index in [9.17, 15) is 14.9 Å². The molecule has 1 aliphatic rings. The highest BCUT2D eigenvalue weighted by atomic mass is 16.6. The summed E-state index contributed by atoms with van der Waals surface area (Å²) in [6.07, 6.45) is 1.81. The molecule has 0 aromatic heterocycles. The lowest BCUT2D eigenvalue weighted by atomic mass is 10.0. The third-order valence-corrected chi connectivity index (χ3v) is 5.18. The van der Waals surface area contributed by atoms with Crippen molar-refractivity contribution in [2.45, 2.75) is 18.9 Å². The van der Waals surface area contributed by atoms with Gasteiger partial charge >= 0.3 is 0 Å². The normalized spacial score (nSPS) is 16.2. The standard InChI is InChI=1S/C21H25N3O6/c1-28-14-7-9-20(30-3)16(11-14)18-5-4-10-23(18)13-21(25)22-17-8-6-15(29-2)12-19(17)24(26)27/h6-9,11-12,18H,4-5,10,13H2,1-3H3,(H,22,25). The number of benzene rings is 2. The van der Waals surface area contributed by atoms with Gasteiger partial charge in [0.25, 0.3) is 5.69 Å². The molecule has 1 fully saturated rings. The van der Waals surface area contributed by atoms with Crippen molar-refractivity contribution in [2.24, 2.45) is 0 Å². The highest BCUT2D eigenvalue weighted by Gasteiger charge is 2.30. The van der Waals surface area contributed by atoms with E-state index in [0.717, 1.165) is 36.4 Å². The minimum Gasteiger partial charge on any atom is -0.497 e. The molecular formula is C21H25N3O6. The second kappa shape index (κ2) is 9.45. The summed E-state index contributed by atoms with van der Waals surface area (Å²) < 4.78 is 15.9. The second-order valence-corrected chi connectivity index (χ2v) is 6.92. The maximum Gasteiger partial charge on any atom is 0.296 e. The summed E-state index contributed by atoms with van der Waals surface area (Å²) in [5.41, 5.74) is 0.883. The van der Waals surface area contributed by atoms with Crippen molar-refractivity contribution in [1.29, 1.82) is 0 Å². The molecule has 1 heterocycles. The fourth-order valence-corrected chi connectivity index (χ4v) is 3.74. The molecule has 0 radical (unpaired) electrons. The minimum atomic E-state index is -0.544. The number of nitro groups is 1. The maximum atomic E-state index is 12.7. The summed E-state index contributed by atoms with van der Waals surface area (Å²) in [4.78, 5) is 25.5. The number of carbonyl (C=O) groups is 1. The summed E-state index contributed by atoms with van der Waals surface area (Å²) in [7, 11) is 4.64. The Morgan fingerprint density at radius 1 is 1.13 bits per heavy atom. The topological polar surface area (TPSA) is 103 Å². The first-order valence-electron chi connectivity index (χ1n) is 9.55. The molecule has 0 spiro atoms. The molecule has 1 aliphatic heterocycles. The molecule has 9 nitrogen and oxygen atoms in total. The van der Waals surface area contributed by atoms with Crippen LogP contribution in [0, 0.1) is 10.1 Å². The van der Waals surface area contributed by atoms with Gasteiger partial charge in [-0.05, 0) is 49.7 Å². The van der Waals surface area contributed by atoms with Gasteiger partial charge in [-0.3, -0.25) is 19.8 Å². The van der Waals surface area contributed by atoms with Gasteiger partial charge in [-0.15, -0.1) is 0 Å². The molecule has 1 unspecified atom stereocenters. The number of hydrogen-bond acceptors (Lipinski definition) is 7. The summed E-state index contributed by atoms with van der Waals surface area (Å²) in [5, 5.41) is 14.0. The van der Waals surface area contributed by atoms with E-state index in [0.29, 0.717) is 5.75 Å². The minimum absolute atomic E-state index is 0.00773. The average Bonchev–Trinajstić information content (AvgIpc) is 3.20. The molecule has 1 saturated heterocycles. The van der Waals surface area contributed by atoms with Crippen molar-refractivity contribution in [3.8, 4) is 17.2 Å². The van der Waals surface area contributed by atoms with Crippen molar-refractivity contribution in [1.82, 2.24) is 4.90 Å². The Hall–Kier alpha value is -3.33. The van der Waals surface area contributed by atoms with Gasteiger partial charge in [0.15, 0.2) is 0 Å². The number of carbonyl (C=O) groups excluding carboxylic acids is 1. The molecule has 2 aromatic carbocycles. The van der Waals surface area contributed by atoms with Gasteiger partial charge in [-0.1, -0.05) is 0 Å². The quantitative estimate of drug-likeness (QED) is 0.521. The summed E-state index contributed by atoms with van der Waals surface area (Å²) >= 11 is 0. The highest BCUT2D eigenvalue weighted by molar-refractivity contribution is 5.94. The molecule has 30 heavy (non-hydrogen) atoms. The van der Waals surface area contributed by atoms with Gasteiger partial charge in [0.05, 0.1) is 38.9 Å². The first kappa shape index (κ1) is 21.4. The number of methoxy groups -OCH3 is 3. The van der Waals surface area contributed by atoms with Crippen LogP contribution in [-0.2, 0) is 4.79 Å². The van der Waals surface area contributed by atoms with Crippen LogP contribution in [0.25, 0.3) is 0 Å². The molecule has 1 amide bonds. The van der Waals surface area contributed by atoms with Crippen molar-refractivity contribution in [3.63, 3.8) is 0 Å². The van der Waals surface area contributed by atoms with Gasteiger partial charge in [0.1, 0.15) is 22.9 Å². The van der Waals surface area contributed by atoms with E-state index < -0.39 is 4.92 Å². The smallest absolute Gasteiger partial charge is 0.296 e. The van der Waals surface area contributed by atoms with Crippen LogP contribution in [-0.4, -0.2) is 50.1 Å². The fraction of sp³-hybridized carbons (Fsp3) is 0.381. The third-order valence-electron chi connectivity index (χ3n) is 5.18. The average molecular weight is 415 g/mol. The van der Waals surface area contributed by atoms with Crippen LogP contribution >= 0.6 is 0 Å². The summed E-state index contributed by atoms with van der Waals surface area (Å²) in [6, 6.07) is 9.93. The number of likely N-dealkylation sites (tertiary alicyclic amines) is 1. The number of anilines is 1. The zero-order valence-corrected chi connectivity index (χ0v) is 17.2. The van der Waals surface area contributed by atoms with E-state index in [2.05, 4.69) is 5.32 Å². The molecule has 0 aliphatic carbocycles. The van der Waals surface area contributed by atoms with Gasteiger partial charge < -0.3 is 19.5 Å². The first-order chi connectivity index (χ1) is 14.5. The van der Waals surface area contributed by atoms with Crippen LogP contribution in [0.15, 0.2) is 36.4 Å². The van der Waals surface area contributed by atoms with Crippen LogP contribution < -0.4 is 19.5 Å². The number of hydrogen-bond donors (Lipinski definition) is 1. The first-order valence-corrected chi connectivity index (χ1v) is 9.55. The van der Waals surface area contributed by atoms with Crippen molar-refractivity contribution in [3.05, 3.63) is 52.1 Å². The zero-order chi connectivity index (χ0) is 21.7. The van der Waals surface area contributed by atoms with Crippen molar-refractivity contribution >= 4 is 17.3 Å². The van der Waals surface area contributed by atoms with Crippen LogP contribution in [0.3, 0.4) is 0 Å². The van der Waals surface area contributed by atoms with Gasteiger partial charge in [0, 0.05) is 11.6 Å². The van der Waals surface area contributed by atoms with E-state index in [1.807, 2.05) is 23.1 Å². The monoisotopic (exact) mass is 415 g/mol. The molecule has 0 bridgehead atoms. The Balaban J connectivity index is 1.77. The third kappa shape index (κ3) is 4.62. The number of nitrogens with one attached hydrogen (secondary N) is 1. The SMILES string of the molecule is COc1ccc(OC)c(C2CCCN2CC(=O)Nc2ccc(OC)cc2[N+](=O)[O-])c1. The Bertz CT molecular complexity index is 933. The zero-order valence-electron chi connectivity index (χ0n) is 17.2. The number of amides is 1. The second-order valence-electron chi connectivity index (χ2n) is 6.92. The molecule has 0 saturated carbocycles. The van der Waals surface area contributed by atoms with E-state index >= 15 is 0 Å². The lowest BCUT2D eigenvalue weighted by molar-refractivity contribution is -0.384. The summed E-state index contributed by atoms with van der Waals surface area (Å²) in [6.45, 7) is 0.845. The van der Waals surface area contributed by atoms with E-state index in [1.165, 1.54) is 19.2 Å². The molecule has 1 N–H and O–H groups in total. The van der Waals surface area contributed by atoms with Crippen molar-refractivity contribution < 1.29 is 23.9 Å². The predicted octanol–water partition coefficient (Wildman–Crippen LogP) is 3.40. The van der Waals surface area contributed by atoms with Crippen LogP contribution in [0.4, 0.5) is 11.4 Å². The molecule has 1 atom stereocenters. The van der Waals surface area contributed by atoms with E-state index in [-0.39, 0.29) is 29.9 Å². The number of rotatable bonds is 8. The Kier molecular flexibility index (Phi) is 6.73. The van der Waals surface area contributed by atoms with Gasteiger partial charge in [-0.2, -0.15) is 0 Å². The van der Waals surface area contributed by atoms with Crippen LogP contribution in [0.5, 0.6) is 17.2 Å². The molecule has 160 valence electrons. The van der Waals surface area contributed by atoms with Crippen LogP contribution in [0.1, 0.15) is 24.4 Å². The Morgan fingerprint density at radius 2 is 1.83 bits per heavy atom. The predicted molar refractivity (Wildman–Crippen MR) is 111 cm³/mol. The maximum absolute atomic E-state index is 12.7. The van der Waals surface area contributed by atoms with Crippen molar-refractivity contribution in [2.75, 3.05) is 39.7 Å². The number of ether oxygens (including phenoxy) is 3. The largest absolute Gasteiger partial charge is 0.497 e. The van der Waals surface area contributed by atoms with E-state index in [4.69, 9.17) is 14.2 Å². The Morgan fingerprint density at radius 3 is 2.50 bits per heavy atom. The molecule has 2 aromatic rings. The van der Waals surface area contributed by atoms with Gasteiger partial charge in [0.2, 0.25) is 5.91 Å². The summed E-state index contributed by atoms with van der Waals surface area (Å²) in [5.74, 6) is 1.48. The fourth-order valence-electron chi connectivity index (χ4n) is 3.74. The Labute approximate surface area is 174 Å². The van der Waals surface area contributed by atoms with E-state index in [1.54, 1.807) is 20.3 Å². The molecular weight excluding hydrogens is 390 g/mol. The lowest BCUT2D eigenvalue weighted by Crippen LogP contribution is -2.33. The van der Waals surface area contributed by atoms with Gasteiger partial charge in [-0.25, -0.2) is 0 Å².